The van der Waals surface area contributed by atoms with Crippen LogP contribution < -0.4 is 4.74 Å². The minimum Gasteiger partial charge on any atom is -0.457 e. The Balaban J connectivity index is 1.09. The largest absolute Gasteiger partial charge is 0.457 e. The van der Waals surface area contributed by atoms with Gasteiger partial charge in [-0.15, -0.1) is 0 Å². The Morgan fingerprint density at radius 2 is 1.68 bits per heavy atom. The number of pyridine rings is 1. The van der Waals surface area contributed by atoms with Gasteiger partial charge in [0.15, 0.2) is 0 Å². The van der Waals surface area contributed by atoms with E-state index >= 15 is 0 Å². The summed E-state index contributed by atoms with van der Waals surface area (Å²) in [5, 5.41) is 2.06. The molecular weight excluding hydrogens is 548 g/mol. The minimum absolute atomic E-state index is 0.130. The highest BCUT2D eigenvalue weighted by Gasteiger charge is 2.39. The van der Waals surface area contributed by atoms with Crippen molar-refractivity contribution in [3.05, 3.63) is 151 Å². The summed E-state index contributed by atoms with van der Waals surface area (Å²) >= 11 is 0. The lowest BCUT2D eigenvalue weighted by molar-refractivity contribution is 0.254. The minimum atomic E-state index is -0.424. The lowest BCUT2D eigenvalue weighted by atomic mass is 10.0. The predicted molar refractivity (Wildman–Crippen MR) is 170 cm³/mol. The maximum atomic E-state index is 8.47. The van der Waals surface area contributed by atoms with Crippen LogP contribution in [-0.4, -0.2) is 26.0 Å². The Kier molecular flexibility index (Phi) is 4.34. The Hall–Kier alpha value is -5.95. The van der Waals surface area contributed by atoms with Crippen molar-refractivity contribution >= 4 is 27.5 Å². The Bertz CT molecular complexity index is 2480. The first kappa shape index (κ1) is 20.0. The normalized spacial score (nSPS) is 16.7. The standard InChI is InChI=1S/C37H26N4O3/c1-24-18-35(38-21-31(24)25-8-3-2-4-9-25)41-32-13-6-5-12-29(32)30-15-14-28(20-33(30)41)44-27-11-7-10-26(19-27)34-22-43-37-36-39(16-17-42-36)23-40(34)37/h2-22H,23H2,1H3/i2D,3D,4D,8D,9D. The topological polar surface area (TPSA) is 52.0 Å². The number of aromatic nitrogens is 2. The van der Waals surface area contributed by atoms with E-state index in [1.165, 1.54) is 0 Å². The van der Waals surface area contributed by atoms with Crippen LogP contribution in [0.15, 0.2) is 140 Å². The molecule has 4 aromatic carbocycles. The van der Waals surface area contributed by atoms with Crippen LogP contribution in [0.5, 0.6) is 11.5 Å². The molecule has 7 heteroatoms. The van der Waals surface area contributed by atoms with E-state index in [-0.39, 0.29) is 29.7 Å². The van der Waals surface area contributed by atoms with Gasteiger partial charge in [-0.25, -0.2) is 4.98 Å². The van der Waals surface area contributed by atoms with E-state index in [0.717, 1.165) is 38.6 Å². The van der Waals surface area contributed by atoms with Gasteiger partial charge in [-0.2, -0.15) is 0 Å². The maximum absolute atomic E-state index is 8.47. The fourth-order valence-electron chi connectivity index (χ4n) is 6.04. The molecule has 7 nitrogen and oxygen atoms in total. The fourth-order valence-corrected chi connectivity index (χ4v) is 6.04. The molecule has 44 heavy (non-hydrogen) atoms. The molecule has 5 heterocycles. The summed E-state index contributed by atoms with van der Waals surface area (Å²) in [6.07, 6.45) is 6.83. The van der Waals surface area contributed by atoms with Crippen LogP contribution in [0.2, 0.25) is 0 Å². The number of fused-ring (bicyclic) bond motifs is 5. The second-order valence-corrected chi connectivity index (χ2v) is 10.7. The summed E-state index contributed by atoms with van der Waals surface area (Å²) < 4.78 is 61.1. The molecule has 0 saturated carbocycles. The van der Waals surface area contributed by atoms with Crippen LogP contribution in [-0.2, 0) is 9.47 Å². The highest BCUT2D eigenvalue weighted by Crippen LogP contribution is 2.41. The molecule has 3 aliphatic heterocycles. The molecule has 0 N–H and O–H groups in total. The van der Waals surface area contributed by atoms with Crippen LogP contribution in [0.4, 0.5) is 0 Å². The zero-order valence-corrected chi connectivity index (χ0v) is 23.5. The Morgan fingerprint density at radius 3 is 2.59 bits per heavy atom. The predicted octanol–water partition coefficient (Wildman–Crippen LogP) is 8.48. The number of aryl methyl sites for hydroxylation is 1. The van der Waals surface area contributed by atoms with Crippen molar-refractivity contribution in [2.45, 2.75) is 6.92 Å². The number of hydrogen-bond donors (Lipinski definition) is 0. The third kappa shape index (κ3) is 3.79. The van der Waals surface area contributed by atoms with Crippen molar-refractivity contribution in [2.75, 3.05) is 6.67 Å². The van der Waals surface area contributed by atoms with Crippen LogP contribution in [0.3, 0.4) is 0 Å². The lowest BCUT2D eigenvalue weighted by Gasteiger charge is -2.17. The quantitative estimate of drug-likeness (QED) is 0.204. The summed E-state index contributed by atoms with van der Waals surface area (Å²) in [7, 11) is 0. The molecule has 0 fully saturated rings. The van der Waals surface area contributed by atoms with Gasteiger partial charge < -0.3 is 14.2 Å². The molecule has 0 bridgehead atoms. The SMILES string of the molecule is [2H]c1c([2H])c([2H])c(-c2cnc(-n3c4ccccc4c4ccc(Oc5cccc(C6=COC7=C8OC=CN8CN67)c5)cc43)cc2C)c([2H])c1[2H]. The molecule has 0 spiro atoms. The van der Waals surface area contributed by atoms with E-state index in [1.807, 2.05) is 84.8 Å². The molecule has 6 aromatic rings. The first-order valence-corrected chi connectivity index (χ1v) is 14.1. The van der Waals surface area contributed by atoms with Gasteiger partial charge >= 0.3 is 0 Å². The zero-order valence-electron chi connectivity index (χ0n) is 28.5. The van der Waals surface area contributed by atoms with Crippen molar-refractivity contribution in [2.24, 2.45) is 0 Å². The van der Waals surface area contributed by atoms with Crippen molar-refractivity contribution in [3.8, 4) is 28.4 Å². The van der Waals surface area contributed by atoms with Crippen LogP contribution in [0.25, 0.3) is 44.4 Å². The molecule has 0 atom stereocenters. The monoisotopic (exact) mass is 579 g/mol. The first-order chi connectivity index (χ1) is 23.8. The lowest BCUT2D eigenvalue weighted by Crippen LogP contribution is -2.20. The molecular formula is C37H26N4O3. The number of nitrogens with zero attached hydrogens (tertiary/aromatic N) is 4. The van der Waals surface area contributed by atoms with Gasteiger partial charge in [-0.3, -0.25) is 14.4 Å². The highest BCUT2D eigenvalue weighted by atomic mass is 16.5. The van der Waals surface area contributed by atoms with E-state index in [0.29, 0.717) is 41.3 Å². The van der Waals surface area contributed by atoms with Crippen molar-refractivity contribution < 1.29 is 21.1 Å². The summed E-state index contributed by atoms with van der Waals surface area (Å²) in [4.78, 5) is 8.82. The van der Waals surface area contributed by atoms with E-state index in [4.69, 9.17) is 26.0 Å². The van der Waals surface area contributed by atoms with Crippen molar-refractivity contribution in [3.63, 3.8) is 0 Å². The number of ether oxygens (including phenoxy) is 3. The van der Waals surface area contributed by atoms with Gasteiger partial charge in [-0.1, -0.05) is 60.5 Å². The van der Waals surface area contributed by atoms with Crippen molar-refractivity contribution in [1.29, 1.82) is 0 Å². The summed E-state index contributed by atoms with van der Waals surface area (Å²) in [5.41, 5.74) is 5.01. The average molecular weight is 580 g/mol. The number of benzene rings is 4. The number of rotatable bonds is 5. The van der Waals surface area contributed by atoms with E-state index < -0.39 is 6.04 Å². The van der Waals surface area contributed by atoms with Gasteiger partial charge in [0.1, 0.15) is 36.5 Å². The van der Waals surface area contributed by atoms with Crippen molar-refractivity contribution in [1.82, 2.24) is 19.4 Å². The van der Waals surface area contributed by atoms with Crippen LogP contribution in [0.1, 0.15) is 18.0 Å². The maximum Gasteiger partial charge on any atom is 0.263 e. The molecule has 0 radical (unpaired) electrons. The summed E-state index contributed by atoms with van der Waals surface area (Å²) in [5.74, 6) is 3.27. The van der Waals surface area contributed by atoms with Crippen LogP contribution >= 0.6 is 0 Å². The molecule has 0 aliphatic carbocycles. The molecule has 9 rings (SSSR count). The number of para-hydroxylation sites is 1. The van der Waals surface area contributed by atoms with Gasteiger partial charge in [0.25, 0.3) is 11.8 Å². The van der Waals surface area contributed by atoms with Crippen LogP contribution in [0, 0.1) is 6.92 Å². The molecule has 0 saturated heterocycles. The third-order valence-corrected chi connectivity index (χ3v) is 8.08. The Labute approximate surface area is 260 Å². The summed E-state index contributed by atoms with van der Waals surface area (Å²) in [6.45, 7) is 2.45. The molecule has 0 unspecified atom stereocenters. The van der Waals surface area contributed by atoms with E-state index in [2.05, 4.69) is 15.5 Å². The zero-order chi connectivity index (χ0) is 33.6. The van der Waals surface area contributed by atoms with E-state index in [1.54, 1.807) is 18.7 Å². The van der Waals surface area contributed by atoms with E-state index in [9.17, 15) is 0 Å². The Morgan fingerprint density at radius 1 is 0.818 bits per heavy atom. The summed E-state index contributed by atoms with van der Waals surface area (Å²) in [6, 6.07) is 22.1. The van der Waals surface area contributed by atoms with Gasteiger partial charge in [0, 0.05) is 40.4 Å². The first-order valence-electron chi connectivity index (χ1n) is 16.6. The second-order valence-electron chi connectivity index (χ2n) is 10.7. The second kappa shape index (κ2) is 9.54. The molecule has 212 valence electrons. The van der Waals surface area contributed by atoms with Gasteiger partial charge in [0.2, 0.25) is 0 Å². The highest BCUT2D eigenvalue weighted by molar-refractivity contribution is 6.09. The third-order valence-electron chi connectivity index (χ3n) is 8.08. The molecule has 0 amide bonds. The molecule has 3 aliphatic rings. The number of hydrogen-bond acceptors (Lipinski definition) is 6. The average Bonchev–Trinajstić information content (AvgIpc) is 3.88. The van der Waals surface area contributed by atoms with Gasteiger partial charge in [-0.05, 0) is 54.4 Å². The smallest absolute Gasteiger partial charge is 0.263 e. The fraction of sp³-hybridized carbons (Fsp3) is 0.0541. The molecule has 2 aromatic heterocycles. The van der Waals surface area contributed by atoms with Gasteiger partial charge in [0.05, 0.1) is 23.6 Å².